The summed E-state index contributed by atoms with van der Waals surface area (Å²) >= 11 is 0. The molecule has 0 unspecified atom stereocenters. The second-order valence-electron chi connectivity index (χ2n) is 7.50. The highest BCUT2D eigenvalue weighted by Crippen LogP contribution is 2.61. The van der Waals surface area contributed by atoms with Crippen LogP contribution in [0, 0.1) is 5.92 Å². The van der Waals surface area contributed by atoms with Crippen LogP contribution in [0.1, 0.15) is 29.5 Å². The predicted octanol–water partition coefficient (Wildman–Crippen LogP) is 4.71. The average Bonchev–Trinajstić information content (AvgIpc) is 3.30. The van der Waals surface area contributed by atoms with Gasteiger partial charge in [-0.1, -0.05) is 48.5 Å². The average molecular weight is 344 g/mol. The summed E-state index contributed by atoms with van der Waals surface area (Å²) in [6.45, 7) is 0.531. The number of carboxylic acid groups (broad SMARTS) is 1. The fourth-order valence-electron chi connectivity index (χ4n) is 4.63. The van der Waals surface area contributed by atoms with E-state index in [-0.39, 0.29) is 11.3 Å². The Labute approximate surface area is 152 Å². The Hall–Kier alpha value is -2.81. The van der Waals surface area contributed by atoms with Crippen molar-refractivity contribution in [1.29, 1.82) is 0 Å². The van der Waals surface area contributed by atoms with Crippen LogP contribution in [0.2, 0.25) is 0 Å². The summed E-state index contributed by atoms with van der Waals surface area (Å²) in [6.07, 6.45) is 2.68. The smallest absolute Gasteiger partial charge is 0.307 e. The van der Waals surface area contributed by atoms with Crippen molar-refractivity contribution < 1.29 is 14.6 Å². The van der Waals surface area contributed by atoms with Gasteiger partial charge >= 0.3 is 5.97 Å². The first-order valence-electron chi connectivity index (χ1n) is 9.13. The van der Waals surface area contributed by atoms with E-state index >= 15 is 0 Å². The normalized spacial score (nSPS) is 23.2. The Kier molecular flexibility index (Phi) is 3.33. The number of hydrogen-bond acceptors (Lipinski definition) is 2. The number of carboxylic acids is 1. The first-order chi connectivity index (χ1) is 12.7. The topological polar surface area (TPSA) is 46.5 Å². The largest absolute Gasteiger partial charge is 0.489 e. The molecule has 0 amide bonds. The molecule has 0 saturated heterocycles. The predicted molar refractivity (Wildman–Crippen MR) is 100 cm³/mol. The van der Waals surface area contributed by atoms with Crippen LogP contribution in [-0.2, 0) is 23.2 Å². The van der Waals surface area contributed by atoms with E-state index in [0.29, 0.717) is 6.61 Å². The molecule has 2 aliphatic carbocycles. The lowest BCUT2D eigenvalue weighted by atomic mass is 9.95. The van der Waals surface area contributed by atoms with E-state index in [2.05, 4.69) is 48.5 Å². The van der Waals surface area contributed by atoms with Gasteiger partial charge in [0.25, 0.3) is 0 Å². The fourth-order valence-corrected chi connectivity index (χ4v) is 4.63. The van der Waals surface area contributed by atoms with E-state index in [0.717, 1.165) is 25.0 Å². The molecule has 0 heterocycles. The number of carbonyl (C=O) groups is 1. The van der Waals surface area contributed by atoms with Crippen molar-refractivity contribution >= 4 is 16.7 Å². The lowest BCUT2D eigenvalue weighted by Crippen LogP contribution is -2.11. The summed E-state index contributed by atoms with van der Waals surface area (Å²) in [4.78, 5) is 11.3. The third-order valence-corrected chi connectivity index (χ3v) is 6.10. The van der Waals surface area contributed by atoms with Gasteiger partial charge in [0.2, 0.25) is 0 Å². The number of rotatable bonds is 4. The van der Waals surface area contributed by atoms with Crippen molar-refractivity contribution in [3.05, 3.63) is 77.4 Å². The zero-order valence-electron chi connectivity index (χ0n) is 14.4. The van der Waals surface area contributed by atoms with E-state index in [1.165, 1.54) is 27.5 Å². The van der Waals surface area contributed by atoms with Crippen molar-refractivity contribution in [3.8, 4) is 5.75 Å². The molecule has 2 atom stereocenters. The first-order valence-corrected chi connectivity index (χ1v) is 9.13. The molecule has 0 aromatic heterocycles. The first kappa shape index (κ1) is 15.4. The summed E-state index contributed by atoms with van der Waals surface area (Å²) in [6, 6.07) is 20.8. The van der Waals surface area contributed by atoms with Gasteiger partial charge in [-0.05, 0) is 58.9 Å². The van der Waals surface area contributed by atoms with Crippen molar-refractivity contribution in [2.45, 2.75) is 31.3 Å². The number of aryl methyl sites for hydroxylation is 1. The van der Waals surface area contributed by atoms with Gasteiger partial charge in [0.15, 0.2) is 0 Å². The van der Waals surface area contributed by atoms with Gasteiger partial charge in [0, 0.05) is 5.41 Å². The van der Waals surface area contributed by atoms with Gasteiger partial charge in [-0.2, -0.15) is 0 Å². The van der Waals surface area contributed by atoms with E-state index in [1.807, 2.05) is 12.1 Å². The Morgan fingerprint density at radius 2 is 1.96 bits per heavy atom. The number of benzene rings is 3. The summed E-state index contributed by atoms with van der Waals surface area (Å²) in [7, 11) is 0. The number of hydrogen-bond donors (Lipinski definition) is 1. The molecule has 0 radical (unpaired) electrons. The van der Waals surface area contributed by atoms with Crippen molar-refractivity contribution in [1.82, 2.24) is 0 Å². The van der Waals surface area contributed by atoms with E-state index in [1.54, 1.807) is 0 Å². The highest BCUT2D eigenvalue weighted by Gasteiger charge is 2.61. The van der Waals surface area contributed by atoms with Crippen molar-refractivity contribution in [3.63, 3.8) is 0 Å². The minimum absolute atomic E-state index is 0.102. The maximum atomic E-state index is 11.3. The second kappa shape index (κ2) is 5.60. The van der Waals surface area contributed by atoms with Gasteiger partial charge in [-0.15, -0.1) is 0 Å². The maximum absolute atomic E-state index is 11.3. The van der Waals surface area contributed by atoms with Gasteiger partial charge in [-0.3, -0.25) is 4.79 Å². The third kappa shape index (κ3) is 2.31. The summed E-state index contributed by atoms with van der Waals surface area (Å²) in [5.41, 5.74) is 3.55. The molecule has 1 spiro atoms. The van der Waals surface area contributed by atoms with Gasteiger partial charge in [0.1, 0.15) is 12.4 Å². The Morgan fingerprint density at radius 3 is 2.81 bits per heavy atom. The lowest BCUT2D eigenvalue weighted by Gasteiger charge is -2.12. The van der Waals surface area contributed by atoms with Crippen LogP contribution in [0.5, 0.6) is 5.75 Å². The SMILES string of the molecule is O=C(O)[C@@H]1C[C@]12CCc1cc(OCc3cccc4ccccc34)ccc12. The molecule has 1 saturated carbocycles. The van der Waals surface area contributed by atoms with Crippen LogP contribution in [-0.4, -0.2) is 11.1 Å². The number of ether oxygens (including phenoxy) is 1. The molecule has 26 heavy (non-hydrogen) atoms. The molecule has 3 aromatic rings. The highest BCUT2D eigenvalue weighted by atomic mass is 16.5. The van der Waals surface area contributed by atoms with E-state index in [9.17, 15) is 9.90 Å². The van der Waals surface area contributed by atoms with Gasteiger partial charge < -0.3 is 9.84 Å². The monoisotopic (exact) mass is 344 g/mol. The van der Waals surface area contributed by atoms with Crippen LogP contribution >= 0.6 is 0 Å². The minimum atomic E-state index is -0.658. The fraction of sp³-hybridized carbons (Fsp3) is 0.261. The molecule has 3 aromatic carbocycles. The molecule has 2 aliphatic rings. The molecule has 1 N–H and O–H groups in total. The number of fused-ring (bicyclic) bond motifs is 3. The third-order valence-electron chi connectivity index (χ3n) is 6.10. The van der Waals surface area contributed by atoms with E-state index < -0.39 is 5.97 Å². The molecule has 0 aliphatic heterocycles. The molecule has 1 fully saturated rings. The van der Waals surface area contributed by atoms with Crippen LogP contribution in [0.15, 0.2) is 60.7 Å². The van der Waals surface area contributed by atoms with E-state index in [4.69, 9.17) is 4.74 Å². The minimum Gasteiger partial charge on any atom is -0.489 e. The summed E-state index contributed by atoms with van der Waals surface area (Å²) in [5.74, 6) is 0.00147. The standard InChI is InChI=1S/C23H20O3/c24-22(25)21-13-23(21)11-10-16-12-18(8-9-20(16)23)26-14-17-6-3-5-15-4-1-2-7-19(15)17/h1-9,12,21H,10-11,13-14H2,(H,24,25)/t21-,23-/m0/s1. The Bertz CT molecular complexity index is 1020. The Balaban J connectivity index is 1.37. The van der Waals surface area contributed by atoms with Crippen LogP contribution in [0.4, 0.5) is 0 Å². The maximum Gasteiger partial charge on any atom is 0.307 e. The van der Waals surface area contributed by atoms with Crippen molar-refractivity contribution in [2.24, 2.45) is 5.92 Å². The zero-order chi connectivity index (χ0) is 17.7. The lowest BCUT2D eigenvalue weighted by molar-refractivity contribution is -0.139. The molecule has 130 valence electrons. The van der Waals surface area contributed by atoms with Crippen molar-refractivity contribution in [2.75, 3.05) is 0 Å². The number of aliphatic carboxylic acids is 1. The summed E-state index contributed by atoms with van der Waals surface area (Å²) < 4.78 is 6.07. The quantitative estimate of drug-likeness (QED) is 0.746. The second-order valence-corrected chi connectivity index (χ2v) is 7.50. The molecule has 5 rings (SSSR count). The molecular formula is C23H20O3. The van der Waals surface area contributed by atoms with Crippen LogP contribution in [0.3, 0.4) is 0 Å². The molecular weight excluding hydrogens is 324 g/mol. The van der Waals surface area contributed by atoms with Gasteiger partial charge in [0.05, 0.1) is 5.92 Å². The molecule has 3 heteroatoms. The highest BCUT2D eigenvalue weighted by molar-refractivity contribution is 5.85. The molecule has 0 bridgehead atoms. The Morgan fingerprint density at radius 1 is 1.12 bits per heavy atom. The zero-order valence-corrected chi connectivity index (χ0v) is 14.4. The van der Waals surface area contributed by atoms with Crippen LogP contribution in [0.25, 0.3) is 10.8 Å². The van der Waals surface area contributed by atoms with Crippen LogP contribution < -0.4 is 4.74 Å². The molecule has 3 nitrogen and oxygen atoms in total. The van der Waals surface area contributed by atoms with Gasteiger partial charge in [-0.25, -0.2) is 0 Å². The summed E-state index contributed by atoms with van der Waals surface area (Å²) in [5, 5.41) is 11.8.